The maximum absolute atomic E-state index is 5.07. The van der Waals surface area contributed by atoms with Gasteiger partial charge in [0, 0.05) is 12.8 Å². The molecular weight excluding hydrogens is 128 g/mol. The Morgan fingerprint density at radius 3 is 2.60 bits per heavy atom. The lowest BCUT2D eigenvalue weighted by atomic mass is 10.8. The zero-order chi connectivity index (χ0) is 7.82. The molecule has 0 N–H and O–H groups in total. The number of rotatable bonds is 2. The van der Waals surface area contributed by atoms with E-state index in [0.29, 0.717) is 19.2 Å². The Balaban J connectivity index is 3.84. The van der Waals surface area contributed by atoms with Crippen LogP contribution in [0.5, 0.6) is 0 Å². The van der Waals surface area contributed by atoms with Gasteiger partial charge in [-0.05, 0) is 20.8 Å². The molecule has 10 heavy (non-hydrogen) atoms. The predicted octanol–water partition coefficient (Wildman–Crippen LogP) is 1.49. The van der Waals surface area contributed by atoms with E-state index >= 15 is 0 Å². The average Bonchev–Trinajstić information content (AvgIpc) is 1.90. The van der Waals surface area contributed by atoms with Gasteiger partial charge in [-0.25, -0.2) is 9.98 Å². The first-order chi connectivity index (χ1) is 4.85. The highest BCUT2D eigenvalue weighted by Gasteiger charge is 1.89. The molecule has 0 aliphatic carbocycles. The number of hydrogen-bond acceptors (Lipinski definition) is 2. The molecule has 0 radical (unpaired) electrons. The van der Waals surface area contributed by atoms with Gasteiger partial charge in [0.25, 0.3) is 0 Å². The van der Waals surface area contributed by atoms with Gasteiger partial charge in [0.05, 0.1) is 6.61 Å². The van der Waals surface area contributed by atoms with Crippen LogP contribution in [0, 0.1) is 0 Å². The molecule has 58 valence electrons. The molecule has 0 saturated carbocycles. The third kappa shape index (κ3) is 4.06. The minimum absolute atomic E-state index is 0.479. The van der Waals surface area contributed by atoms with Crippen LogP contribution in [0.25, 0.3) is 0 Å². The van der Waals surface area contributed by atoms with Crippen LogP contribution in [0.15, 0.2) is 9.98 Å². The van der Waals surface area contributed by atoms with Crippen molar-refractivity contribution in [3.63, 3.8) is 0 Å². The fourth-order valence-electron chi connectivity index (χ4n) is 0.499. The first kappa shape index (κ1) is 9.14. The van der Waals surface area contributed by atoms with Gasteiger partial charge in [-0.2, -0.15) is 0 Å². The van der Waals surface area contributed by atoms with Crippen LogP contribution in [-0.4, -0.2) is 25.4 Å². The number of aliphatic imine (C=N–C) groups is 2. The largest absolute Gasteiger partial charge is 0.464 e. The first-order valence-electron chi connectivity index (χ1n) is 3.51. The highest BCUT2D eigenvalue weighted by Crippen LogP contribution is 1.84. The molecule has 0 aromatic heterocycles. The Labute approximate surface area is 61.8 Å². The Morgan fingerprint density at radius 2 is 2.20 bits per heavy atom. The van der Waals surface area contributed by atoms with E-state index in [1.165, 1.54) is 0 Å². The second-order valence-electron chi connectivity index (χ2n) is 1.58. The first-order valence-corrected chi connectivity index (χ1v) is 3.51. The molecule has 0 unspecified atom stereocenters. The van der Waals surface area contributed by atoms with Crippen LogP contribution >= 0.6 is 0 Å². The van der Waals surface area contributed by atoms with Crippen molar-refractivity contribution in [3.05, 3.63) is 0 Å². The fraction of sp³-hybridized carbons (Fsp3) is 0.714. The molecule has 0 aromatic rings. The van der Waals surface area contributed by atoms with E-state index in [0.717, 1.165) is 0 Å². The maximum Gasteiger partial charge on any atom is 0.311 e. The van der Waals surface area contributed by atoms with Gasteiger partial charge >= 0.3 is 6.02 Å². The Kier molecular flexibility index (Phi) is 5.72. The van der Waals surface area contributed by atoms with Crippen LogP contribution in [0.2, 0.25) is 0 Å². The molecular formula is C7H14N2O. The number of amidine groups is 1. The minimum Gasteiger partial charge on any atom is -0.464 e. The van der Waals surface area contributed by atoms with Gasteiger partial charge in [0.15, 0.2) is 0 Å². The van der Waals surface area contributed by atoms with Crippen LogP contribution < -0.4 is 0 Å². The third-order valence-corrected chi connectivity index (χ3v) is 0.806. The SMILES string of the molecule is CC=NC(=NCC)OCC. The van der Waals surface area contributed by atoms with Gasteiger partial charge in [-0.15, -0.1) is 0 Å². The molecule has 0 fully saturated rings. The topological polar surface area (TPSA) is 34.0 Å². The van der Waals surface area contributed by atoms with E-state index < -0.39 is 0 Å². The van der Waals surface area contributed by atoms with Gasteiger partial charge in [0.1, 0.15) is 0 Å². The summed E-state index contributed by atoms with van der Waals surface area (Å²) in [5, 5.41) is 0. The molecule has 0 aliphatic rings. The summed E-state index contributed by atoms with van der Waals surface area (Å²) < 4.78 is 5.07. The zero-order valence-corrected chi connectivity index (χ0v) is 6.79. The van der Waals surface area contributed by atoms with Crippen molar-refractivity contribution in [2.45, 2.75) is 20.8 Å². The summed E-state index contributed by atoms with van der Waals surface area (Å²) in [6.07, 6.45) is 1.67. The Hall–Kier alpha value is -0.860. The summed E-state index contributed by atoms with van der Waals surface area (Å²) in [7, 11) is 0. The minimum atomic E-state index is 0.479. The highest BCUT2D eigenvalue weighted by molar-refractivity contribution is 5.82. The van der Waals surface area contributed by atoms with E-state index in [4.69, 9.17) is 4.74 Å². The number of ether oxygens (including phenoxy) is 1. The van der Waals surface area contributed by atoms with Crippen molar-refractivity contribution in [3.8, 4) is 0 Å². The van der Waals surface area contributed by atoms with Crippen LogP contribution in [0.1, 0.15) is 20.8 Å². The highest BCUT2D eigenvalue weighted by atomic mass is 16.5. The molecule has 3 heteroatoms. The summed E-state index contributed by atoms with van der Waals surface area (Å²) in [5.74, 6) is 0. The summed E-state index contributed by atoms with van der Waals surface area (Å²) in [6, 6.07) is 0.479. The summed E-state index contributed by atoms with van der Waals surface area (Å²) in [4.78, 5) is 7.91. The Bertz CT molecular complexity index is 130. The lowest BCUT2D eigenvalue weighted by Crippen LogP contribution is -2.01. The van der Waals surface area contributed by atoms with Gasteiger partial charge in [0.2, 0.25) is 0 Å². The lowest BCUT2D eigenvalue weighted by molar-refractivity contribution is 0.321. The van der Waals surface area contributed by atoms with E-state index in [-0.39, 0.29) is 0 Å². The van der Waals surface area contributed by atoms with Crippen molar-refractivity contribution in [2.75, 3.05) is 13.2 Å². The van der Waals surface area contributed by atoms with Crippen LogP contribution in [0.3, 0.4) is 0 Å². The second kappa shape index (κ2) is 6.26. The fourth-order valence-corrected chi connectivity index (χ4v) is 0.499. The maximum atomic E-state index is 5.07. The molecule has 0 bridgehead atoms. The molecule has 0 atom stereocenters. The van der Waals surface area contributed by atoms with Crippen molar-refractivity contribution >= 4 is 12.2 Å². The van der Waals surface area contributed by atoms with E-state index in [1.807, 2.05) is 20.8 Å². The molecule has 0 rings (SSSR count). The molecule has 0 heterocycles. The molecule has 0 spiro atoms. The molecule has 0 aliphatic heterocycles. The third-order valence-electron chi connectivity index (χ3n) is 0.806. The van der Waals surface area contributed by atoms with Crippen molar-refractivity contribution in [1.29, 1.82) is 0 Å². The van der Waals surface area contributed by atoms with Crippen molar-refractivity contribution in [2.24, 2.45) is 9.98 Å². The average molecular weight is 142 g/mol. The van der Waals surface area contributed by atoms with Gasteiger partial charge < -0.3 is 4.74 Å². The van der Waals surface area contributed by atoms with Gasteiger partial charge in [-0.3, -0.25) is 0 Å². The molecule has 0 aromatic carbocycles. The van der Waals surface area contributed by atoms with E-state index in [1.54, 1.807) is 6.21 Å². The number of hydrogen-bond donors (Lipinski definition) is 0. The smallest absolute Gasteiger partial charge is 0.311 e. The Morgan fingerprint density at radius 1 is 1.50 bits per heavy atom. The quantitative estimate of drug-likeness (QED) is 0.425. The van der Waals surface area contributed by atoms with Crippen LogP contribution in [0.4, 0.5) is 0 Å². The van der Waals surface area contributed by atoms with Crippen molar-refractivity contribution < 1.29 is 4.74 Å². The standard InChI is InChI=1S/C7H14N2O/c1-4-8-7(9-5-2)10-6-3/h4H,5-6H2,1-3H3. The summed E-state index contributed by atoms with van der Waals surface area (Å²) >= 11 is 0. The van der Waals surface area contributed by atoms with Crippen LogP contribution in [-0.2, 0) is 4.74 Å². The normalized spacial score (nSPS) is 12.5. The lowest BCUT2D eigenvalue weighted by Gasteiger charge is -1.98. The molecule has 0 saturated heterocycles. The summed E-state index contributed by atoms with van der Waals surface area (Å²) in [6.45, 7) is 7.04. The number of nitrogens with zero attached hydrogens (tertiary/aromatic N) is 2. The van der Waals surface area contributed by atoms with Gasteiger partial charge in [-0.1, -0.05) is 0 Å². The monoisotopic (exact) mass is 142 g/mol. The molecule has 3 nitrogen and oxygen atoms in total. The zero-order valence-electron chi connectivity index (χ0n) is 6.79. The molecule has 0 amide bonds. The van der Waals surface area contributed by atoms with Crippen molar-refractivity contribution in [1.82, 2.24) is 0 Å². The summed E-state index contributed by atoms with van der Waals surface area (Å²) in [5.41, 5.74) is 0. The van der Waals surface area contributed by atoms with E-state index in [9.17, 15) is 0 Å². The second-order valence-corrected chi connectivity index (χ2v) is 1.58. The predicted molar refractivity (Wildman–Crippen MR) is 43.8 cm³/mol. The van der Waals surface area contributed by atoms with E-state index in [2.05, 4.69) is 9.98 Å².